The van der Waals surface area contributed by atoms with E-state index in [0.29, 0.717) is 0 Å². The van der Waals surface area contributed by atoms with Gasteiger partial charge in [0, 0.05) is 5.69 Å². The second kappa shape index (κ2) is 5.49. The van der Waals surface area contributed by atoms with E-state index in [1.165, 1.54) is 5.56 Å². The molecule has 0 heterocycles. The first-order valence-corrected chi connectivity index (χ1v) is 6.85. The summed E-state index contributed by atoms with van der Waals surface area (Å²) in [5, 5.41) is 3.00. The highest BCUT2D eigenvalue weighted by Gasteiger charge is 2.29. The highest BCUT2D eigenvalue weighted by molar-refractivity contribution is 5.98. The summed E-state index contributed by atoms with van der Waals surface area (Å²) >= 11 is 0. The van der Waals surface area contributed by atoms with E-state index in [4.69, 9.17) is 0 Å². The Hall–Kier alpha value is -2.09. The first kappa shape index (κ1) is 14.3. The van der Waals surface area contributed by atoms with Gasteiger partial charge in [0.25, 0.3) is 0 Å². The van der Waals surface area contributed by atoms with E-state index in [-0.39, 0.29) is 5.91 Å². The quantitative estimate of drug-likeness (QED) is 0.886. The van der Waals surface area contributed by atoms with E-state index in [1.54, 1.807) is 0 Å². The highest BCUT2D eigenvalue weighted by Crippen LogP contribution is 2.25. The fourth-order valence-corrected chi connectivity index (χ4v) is 2.11. The minimum atomic E-state index is -0.558. The van der Waals surface area contributed by atoms with Crippen LogP contribution in [0.3, 0.4) is 0 Å². The van der Waals surface area contributed by atoms with Crippen molar-refractivity contribution >= 4 is 11.6 Å². The number of nitrogens with one attached hydrogen (secondary N) is 1. The van der Waals surface area contributed by atoms with Gasteiger partial charge in [0.15, 0.2) is 0 Å². The molecular formula is C18H21NO. The van der Waals surface area contributed by atoms with Gasteiger partial charge in [-0.15, -0.1) is 0 Å². The molecule has 0 aliphatic rings. The topological polar surface area (TPSA) is 29.1 Å². The highest BCUT2D eigenvalue weighted by atomic mass is 16.2. The van der Waals surface area contributed by atoms with Crippen LogP contribution in [-0.4, -0.2) is 5.91 Å². The molecule has 0 aromatic heterocycles. The van der Waals surface area contributed by atoms with Gasteiger partial charge < -0.3 is 5.32 Å². The third kappa shape index (κ3) is 3.08. The molecule has 0 radical (unpaired) electrons. The van der Waals surface area contributed by atoms with Crippen molar-refractivity contribution < 1.29 is 4.79 Å². The third-order valence-corrected chi connectivity index (χ3v) is 3.62. The standard InChI is InChI=1S/C18H21NO/c1-13-8-10-15(11-9-13)18(3,4)17(20)19-16-7-5-6-14(2)12-16/h5-12H,1-4H3,(H,19,20). The summed E-state index contributed by atoms with van der Waals surface area (Å²) in [6.45, 7) is 7.95. The van der Waals surface area contributed by atoms with Gasteiger partial charge in [-0.3, -0.25) is 4.79 Å². The second-order valence-electron chi connectivity index (χ2n) is 5.81. The van der Waals surface area contributed by atoms with E-state index in [2.05, 4.69) is 5.32 Å². The Labute approximate surface area is 120 Å². The number of hydrogen-bond acceptors (Lipinski definition) is 1. The van der Waals surface area contributed by atoms with Crippen LogP contribution < -0.4 is 5.32 Å². The van der Waals surface area contributed by atoms with Crippen molar-refractivity contribution in [1.82, 2.24) is 0 Å². The second-order valence-corrected chi connectivity index (χ2v) is 5.81. The smallest absolute Gasteiger partial charge is 0.234 e. The normalized spacial score (nSPS) is 11.2. The van der Waals surface area contributed by atoms with Gasteiger partial charge in [-0.05, 0) is 51.0 Å². The molecule has 1 N–H and O–H groups in total. The molecule has 0 bridgehead atoms. The first-order chi connectivity index (χ1) is 9.39. The SMILES string of the molecule is Cc1ccc(C(C)(C)C(=O)Nc2cccc(C)c2)cc1. The molecule has 2 aromatic carbocycles. The van der Waals surface area contributed by atoms with Crippen LogP contribution in [0.5, 0.6) is 0 Å². The van der Waals surface area contributed by atoms with Crippen molar-refractivity contribution in [3.63, 3.8) is 0 Å². The van der Waals surface area contributed by atoms with Gasteiger partial charge >= 0.3 is 0 Å². The summed E-state index contributed by atoms with van der Waals surface area (Å²) in [6.07, 6.45) is 0. The molecule has 2 nitrogen and oxygen atoms in total. The molecule has 104 valence electrons. The number of aryl methyl sites for hydroxylation is 2. The lowest BCUT2D eigenvalue weighted by atomic mass is 9.83. The number of hydrogen-bond donors (Lipinski definition) is 1. The van der Waals surface area contributed by atoms with Gasteiger partial charge in [0.2, 0.25) is 5.91 Å². The molecule has 2 rings (SSSR count). The van der Waals surface area contributed by atoms with Crippen LogP contribution in [0.1, 0.15) is 30.5 Å². The third-order valence-electron chi connectivity index (χ3n) is 3.62. The van der Waals surface area contributed by atoms with Crippen LogP contribution in [0.25, 0.3) is 0 Å². The largest absolute Gasteiger partial charge is 0.325 e. The van der Waals surface area contributed by atoms with Crippen molar-refractivity contribution in [3.8, 4) is 0 Å². The zero-order valence-electron chi connectivity index (χ0n) is 12.5. The monoisotopic (exact) mass is 267 g/mol. The van der Waals surface area contributed by atoms with Gasteiger partial charge in [-0.2, -0.15) is 0 Å². The predicted molar refractivity (Wildman–Crippen MR) is 84.0 cm³/mol. The summed E-state index contributed by atoms with van der Waals surface area (Å²) in [4.78, 5) is 12.5. The number of carbonyl (C=O) groups excluding carboxylic acids is 1. The van der Waals surface area contributed by atoms with Crippen LogP contribution in [0.2, 0.25) is 0 Å². The van der Waals surface area contributed by atoms with Crippen molar-refractivity contribution in [1.29, 1.82) is 0 Å². The van der Waals surface area contributed by atoms with E-state index in [9.17, 15) is 4.79 Å². The molecule has 1 amide bonds. The Balaban J connectivity index is 2.21. The molecule has 0 fully saturated rings. The zero-order valence-corrected chi connectivity index (χ0v) is 12.5. The average molecular weight is 267 g/mol. The Bertz CT molecular complexity index is 612. The molecule has 0 saturated heterocycles. The number of anilines is 1. The molecular weight excluding hydrogens is 246 g/mol. The zero-order chi connectivity index (χ0) is 14.8. The fraction of sp³-hybridized carbons (Fsp3) is 0.278. The van der Waals surface area contributed by atoms with E-state index in [0.717, 1.165) is 16.8 Å². The lowest BCUT2D eigenvalue weighted by Crippen LogP contribution is -2.34. The maximum Gasteiger partial charge on any atom is 0.234 e. The molecule has 2 heteroatoms. The Morgan fingerprint density at radius 1 is 0.950 bits per heavy atom. The van der Waals surface area contributed by atoms with Gasteiger partial charge in [0.05, 0.1) is 5.41 Å². The molecule has 0 spiro atoms. The number of amides is 1. The van der Waals surface area contributed by atoms with Crippen molar-refractivity contribution in [2.45, 2.75) is 33.1 Å². The van der Waals surface area contributed by atoms with Crippen molar-refractivity contribution in [2.75, 3.05) is 5.32 Å². The average Bonchev–Trinajstić information content (AvgIpc) is 2.39. The molecule has 20 heavy (non-hydrogen) atoms. The van der Waals surface area contributed by atoms with Gasteiger partial charge in [-0.25, -0.2) is 0 Å². The number of rotatable bonds is 3. The summed E-state index contributed by atoms with van der Waals surface area (Å²) in [7, 11) is 0. The minimum absolute atomic E-state index is 0.00644. The van der Waals surface area contributed by atoms with Crippen molar-refractivity contribution in [2.24, 2.45) is 0 Å². The first-order valence-electron chi connectivity index (χ1n) is 6.85. The summed E-state index contributed by atoms with van der Waals surface area (Å²) in [5.41, 5.74) is 3.64. The van der Waals surface area contributed by atoms with Crippen LogP contribution in [0.4, 0.5) is 5.69 Å². The van der Waals surface area contributed by atoms with E-state index < -0.39 is 5.41 Å². The maximum atomic E-state index is 12.5. The number of carbonyl (C=O) groups is 1. The number of benzene rings is 2. The van der Waals surface area contributed by atoms with Gasteiger partial charge in [0.1, 0.15) is 0 Å². The Kier molecular flexibility index (Phi) is 3.93. The summed E-state index contributed by atoms with van der Waals surface area (Å²) < 4.78 is 0. The van der Waals surface area contributed by atoms with Crippen LogP contribution in [0, 0.1) is 13.8 Å². The lowest BCUT2D eigenvalue weighted by Gasteiger charge is -2.24. The van der Waals surface area contributed by atoms with Crippen LogP contribution in [0.15, 0.2) is 48.5 Å². The molecule has 0 unspecified atom stereocenters. The molecule has 0 aliphatic heterocycles. The molecule has 0 atom stereocenters. The van der Waals surface area contributed by atoms with Crippen LogP contribution >= 0.6 is 0 Å². The molecule has 0 aliphatic carbocycles. The summed E-state index contributed by atoms with van der Waals surface area (Å²) in [5.74, 6) is 0.00644. The van der Waals surface area contributed by atoms with E-state index >= 15 is 0 Å². The van der Waals surface area contributed by atoms with Gasteiger partial charge in [-0.1, -0.05) is 42.0 Å². The Morgan fingerprint density at radius 2 is 1.60 bits per heavy atom. The Morgan fingerprint density at radius 3 is 2.20 bits per heavy atom. The van der Waals surface area contributed by atoms with E-state index in [1.807, 2.05) is 76.2 Å². The predicted octanol–water partition coefficient (Wildman–Crippen LogP) is 4.22. The molecule has 2 aromatic rings. The fourth-order valence-electron chi connectivity index (χ4n) is 2.11. The van der Waals surface area contributed by atoms with Crippen molar-refractivity contribution in [3.05, 3.63) is 65.2 Å². The lowest BCUT2D eigenvalue weighted by molar-refractivity contribution is -0.120. The molecule has 0 saturated carbocycles. The maximum absolute atomic E-state index is 12.5. The van der Waals surface area contributed by atoms with Crippen LogP contribution in [-0.2, 0) is 10.2 Å². The minimum Gasteiger partial charge on any atom is -0.325 e. The summed E-state index contributed by atoms with van der Waals surface area (Å²) in [6, 6.07) is 16.0.